The first-order valence-corrected chi connectivity index (χ1v) is 7.20. The van der Waals surface area contributed by atoms with E-state index in [9.17, 15) is 31.4 Å². The van der Waals surface area contributed by atoms with Crippen molar-refractivity contribution in [3.05, 3.63) is 41.1 Å². The highest BCUT2D eigenvalue weighted by Crippen LogP contribution is 2.38. The summed E-state index contributed by atoms with van der Waals surface area (Å²) in [5.74, 6) is 0. The monoisotopic (exact) mass is 367 g/mol. The molecule has 0 fully saturated rings. The number of para-hydroxylation sites is 1. The number of nitrogens with one attached hydrogen (secondary N) is 2. The number of alkyl halides is 6. The number of rotatable bonds is 5. The van der Waals surface area contributed by atoms with Crippen molar-refractivity contribution < 1.29 is 31.4 Å². The first-order chi connectivity index (χ1) is 11.6. The van der Waals surface area contributed by atoms with E-state index in [2.05, 4.69) is 15.6 Å². The summed E-state index contributed by atoms with van der Waals surface area (Å²) in [5.41, 5.74) is -3.96. The fourth-order valence-corrected chi connectivity index (χ4v) is 2.32. The van der Waals surface area contributed by atoms with Crippen molar-refractivity contribution in [1.82, 2.24) is 15.6 Å². The van der Waals surface area contributed by atoms with Gasteiger partial charge < -0.3 is 10.4 Å². The molecule has 0 radical (unpaired) electrons. The van der Waals surface area contributed by atoms with E-state index in [4.69, 9.17) is 0 Å². The molecule has 0 spiro atoms. The van der Waals surface area contributed by atoms with Gasteiger partial charge in [-0.2, -0.15) is 26.3 Å². The highest BCUT2D eigenvalue weighted by molar-refractivity contribution is 5.86. The molecule has 0 saturated heterocycles. The Hall–Kier alpha value is -1.91. The fraction of sp³-hybridized carbons (Fsp3) is 0.400. The Morgan fingerprint density at radius 1 is 1.08 bits per heavy atom. The molecule has 0 amide bonds. The fourth-order valence-electron chi connectivity index (χ4n) is 2.32. The maximum Gasteiger partial charge on any atom is 0.433 e. The predicted octanol–water partition coefficient (Wildman–Crippen LogP) is 3.07. The maximum atomic E-state index is 13.1. The zero-order valence-electron chi connectivity index (χ0n) is 13.0. The SMILES string of the molecule is CNCCNC(O)c1cc(C(F)(F)F)nc2c(C(F)(F)F)cccc12. The molecule has 138 valence electrons. The molecule has 1 aromatic heterocycles. The maximum absolute atomic E-state index is 13.1. The van der Waals surface area contributed by atoms with Crippen LogP contribution in [0.4, 0.5) is 26.3 Å². The van der Waals surface area contributed by atoms with Crippen molar-refractivity contribution in [1.29, 1.82) is 0 Å². The first kappa shape index (κ1) is 19.4. The number of likely N-dealkylation sites (N-methyl/N-ethyl adjacent to an activating group) is 1. The Bertz CT molecular complexity index is 744. The molecule has 0 bridgehead atoms. The first-order valence-electron chi connectivity index (χ1n) is 7.20. The molecule has 0 aliphatic heterocycles. The van der Waals surface area contributed by atoms with Crippen molar-refractivity contribution in [2.45, 2.75) is 18.6 Å². The van der Waals surface area contributed by atoms with Crippen LogP contribution in [0.3, 0.4) is 0 Å². The third-order valence-corrected chi connectivity index (χ3v) is 3.47. The Labute approximate surface area is 138 Å². The van der Waals surface area contributed by atoms with Crippen LogP contribution in [0, 0.1) is 0 Å². The van der Waals surface area contributed by atoms with Crippen LogP contribution in [-0.4, -0.2) is 30.2 Å². The summed E-state index contributed by atoms with van der Waals surface area (Å²) in [6, 6.07) is 3.46. The van der Waals surface area contributed by atoms with Crippen LogP contribution in [0.25, 0.3) is 10.9 Å². The topological polar surface area (TPSA) is 57.2 Å². The molecule has 1 unspecified atom stereocenters. The molecule has 0 saturated carbocycles. The lowest BCUT2D eigenvalue weighted by atomic mass is 10.0. The summed E-state index contributed by atoms with van der Waals surface area (Å²) in [4.78, 5) is 3.16. The van der Waals surface area contributed by atoms with Gasteiger partial charge in [-0.05, 0) is 19.2 Å². The standard InChI is InChI=1S/C15H15F6N3O/c1-22-5-6-23-13(25)9-7-11(15(19,20)21)24-12-8(9)3-2-4-10(12)14(16,17)18/h2-4,7,13,22-23,25H,5-6H2,1H3. The van der Waals surface area contributed by atoms with Crippen LogP contribution in [0.2, 0.25) is 0 Å². The van der Waals surface area contributed by atoms with Gasteiger partial charge in [-0.25, -0.2) is 4.98 Å². The van der Waals surface area contributed by atoms with Crippen molar-refractivity contribution >= 4 is 10.9 Å². The molecular formula is C15H15F6N3O. The van der Waals surface area contributed by atoms with Crippen LogP contribution in [0.5, 0.6) is 0 Å². The average molecular weight is 367 g/mol. The number of aromatic nitrogens is 1. The van der Waals surface area contributed by atoms with Crippen LogP contribution in [-0.2, 0) is 12.4 Å². The lowest BCUT2D eigenvalue weighted by Crippen LogP contribution is -2.29. The molecule has 2 rings (SSSR count). The van der Waals surface area contributed by atoms with Gasteiger partial charge in [0.1, 0.15) is 11.9 Å². The van der Waals surface area contributed by atoms with E-state index in [0.717, 1.165) is 6.07 Å². The molecule has 25 heavy (non-hydrogen) atoms. The van der Waals surface area contributed by atoms with Gasteiger partial charge in [0.05, 0.1) is 11.1 Å². The minimum absolute atomic E-state index is 0.196. The molecule has 0 aliphatic carbocycles. The Kier molecular flexibility index (Phi) is 5.55. The summed E-state index contributed by atoms with van der Waals surface area (Å²) in [5, 5.41) is 15.2. The van der Waals surface area contributed by atoms with E-state index in [1.54, 1.807) is 7.05 Å². The summed E-state index contributed by atoms with van der Waals surface area (Å²) < 4.78 is 78.5. The number of hydrogen-bond donors (Lipinski definition) is 3. The Morgan fingerprint density at radius 2 is 1.76 bits per heavy atom. The number of aliphatic hydroxyl groups excluding tert-OH is 1. The van der Waals surface area contributed by atoms with E-state index < -0.39 is 35.4 Å². The molecule has 10 heteroatoms. The Morgan fingerprint density at radius 3 is 2.32 bits per heavy atom. The normalized spacial score (nSPS) is 14.1. The van der Waals surface area contributed by atoms with Gasteiger partial charge in [0, 0.05) is 24.0 Å². The number of fused-ring (bicyclic) bond motifs is 1. The highest BCUT2D eigenvalue weighted by Gasteiger charge is 2.37. The molecule has 1 heterocycles. The van der Waals surface area contributed by atoms with Crippen LogP contribution >= 0.6 is 0 Å². The third kappa shape index (κ3) is 4.39. The number of aliphatic hydroxyl groups is 1. The molecule has 1 atom stereocenters. The van der Waals surface area contributed by atoms with E-state index in [0.29, 0.717) is 18.7 Å². The predicted molar refractivity (Wildman–Crippen MR) is 78.6 cm³/mol. The van der Waals surface area contributed by atoms with Gasteiger partial charge in [-0.3, -0.25) is 5.32 Å². The van der Waals surface area contributed by atoms with E-state index in [1.807, 2.05) is 0 Å². The number of nitrogens with zero attached hydrogens (tertiary/aromatic N) is 1. The van der Waals surface area contributed by atoms with E-state index >= 15 is 0 Å². The second kappa shape index (κ2) is 7.14. The summed E-state index contributed by atoms with van der Waals surface area (Å²) in [6.07, 6.45) is -11.4. The second-order valence-electron chi connectivity index (χ2n) is 5.25. The summed E-state index contributed by atoms with van der Waals surface area (Å²) in [6.45, 7) is 0.599. The van der Waals surface area contributed by atoms with E-state index in [-0.39, 0.29) is 17.5 Å². The van der Waals surface area contributed by atoms with Gasteiger partial charge in [0.25, 0.3) is 0 Å². The lowest BCUT2D eigenvalue weighted by molar-refractivity contribution is -0.142. The number of hydrogen-bond acceptors (Lipinski definition) is 4. The molecule has 4 nitrogen and oxygen atoms in total. The zero-order valence-corrected chi connectivity index (χ0v) is 13.0. The molecule has 1 aromatic carbocycles. The third-order valence-electron chi connectivity index (χ3n) is 3.47. The van der Waals surface area contributed by atoms with Crippen molar-refractivity contribution in [3.63, 3.8) is 0 Å². The summed E-state index contributed by atoms with van der Waals surface area (Å²) in [7, 11) is 1.63. The summed E-state index contributed by atoms with van der Waals surface area (Å²) >= 11 is 0. The molecule has 0 aliphatic rings. The van der Waals surface area contributed by atoms with Gasteiger partial charge in [-0.1, -0.05) is 12.1 Å². The number of pyridine rings is 1. The minimum atomic E-state index is -4.95. The van der Waals surface area contributed by atoms with Crippen molar-refractivity contribution in [2.24, 2.45) is 0 Å². The van der Waals surface area contributed by atoms with Gasteiger partial charge in [-0.15, -0.1) is 0 Å². The van der Waals surface area contributed by atoms with Crippen molar-refractivity contribution in [3.8, 4) is 0 Å². The second-order valence-corrected chi connectivity index (χ2v) is 5.25. The average Bonchev–Trinajstić information content (AvgIpc) is 2.51. The van der Waals surface area contributed by atoms with Gasteiger partial charge in [0.15, 0.2) is 0 Å². The largest absolute Gasteiger partial charge is 0.433 e. The minimum Gasteiger partial charge on any atom is -0.374 e. The smallest absolute Gasteiger partial charge is 0.374 e. The van der Waals surface area contributed by atoms with Crippen LogP contribution in [0.15, 0.2) is 24.3 Å². The highest BCUT2D eigenvalue weighted by atomic mass is 19.4. The van der Waals surface area contributed by atoms with Crippen LogP contribution in [0.1, 0.15) is 23.0 Å². The number of benzene rings is 1. The van der Waals surface area contributed by atoms with Gasteiger partial charge in [0.2, 0.25) is 0 Å². The zero-order chi connectivity index (χ0) is 18.8. The molecule has 2 aromatic rings. The van der Waals surface area contributed by atoms with Crippen LogP contribution < -0.4 is 10.6 Å². The van der Waals surface area contributed by atoms with Gasteiger partial charge >= 0.3 is 12.4 Å². The molecule has 3 N–H and O–H groups in total. The molecular weight excluding hydrogens is 352 g/mol. The lowest BCUT2D eigenvalue weighted by Gasteiger charge is -2.19. The van der Waals surface area contributed by atoms with E-state index in [1.165, 1.54) is 6.07 Å². The van der Waals surface area contributed by atoms with Crippen molar-refractivity contribution in [2.75, 3.05) is 20.1 Å². The number of halogens is 6. The quantitative estimate of drug-likeness (QED) is 0.432. The Balaban J connectivity index is 2.67.